The summed E-state index contributed by atoms with van der Waals surface area (Å²) in [4.78, 5) is 38.2. The third-order valence-corrected chi connectivity index (χ3v) is 4.73. The van der Waals surface area contributed by atoms with Gasteiger partial charge >= 0.3 is 0 Å². The molecule has 2 aromatic rings. The number of amides is 2. The smallest absolute Gasteiger partial charge is 0.298 e. The number of fused-ring (bicyclic) bond motifs is 1. The van der Waals surface area contributed by atoms with Crippen LogP contribution in [0.4, 0.5) is 0 Å². The number of hydrogen-bond donors (Lipinski definition) is 1. The molecule has 6 nitrogen and oxygen atoms in total. The van der Waals surface area contributed by atoms with E-state index in [0.29, 0.717) is 31.1 Å². The lowest BCUT2D eigenvalue weighted by Crippen LogP contribution is -2.44. The predicted octanol–water partition coefficient (Wildman–Crippen LogP) is 2.94. The molecule has 1 aliphatic heterocycles. The van der Waals surface area contributed by atoms with Crippen LogP contribution in [-0.4, -0.2) is 42.1 Å². The van der Waals surface area contributed by atoms with Crippen LogP contribution >= 0.6 is 0 Å². The first-order chi connectivity index (χ1) is 12.9. The molecule has 2 heterocycles. The van der Waals surface area contributed by atoms with E-state index in [0.717, 1.165) is 23.8 Å². The molecule has 142 valence electrons. The number of nitrogens with one attached hydrogen (secondary N) is 1. The van der Waals surface area contributed by atoms with Gasteiger partial charge in [0.15, 0.2) is 5.76 Å². The van der Waals surface area contributed by atoms with Gasteiger partial charge in [0, 0.05) is 31.1 Å². The van der Waals surface area contributed by atoms with E-state index in [1.165, 1.54) is 0 Å². The minimum absolute atomic E-state index is 0.0808. The molecular formula is C21H24N2O4. The highest BCUT2D eigenvalue weighted by Crippen LogP contribution is 2.21. The molecule has 1 aromatic heterocycles. The van der Waals surface area contributed by atoms with Crippen molar-refractivity contribution in [2.75, 3.05) is 19.6 Å². The Labute approximate surface area is 158 Å². The van der Waals surface area contributed by atoms with Crippen LogP contribution in [0.25, 0.3) is 11.0 Å². The van der Waals surface area contributed by atoms with Crippen LogP contribution in [0, 0.1) is 5.92 Å². The lowest BCUT2D eigenvalue weighted by atomic mass is 9.96. The number of piperidine rings is 1. The summed E-state index contributed by atoms with van der Waals surface area (Å²) < 4.78 is 5.51. The van der Waals surface area contributed by atoms with Gasteiger partial charge in [0.25, 0.3) is 11.7 Å². The van der Waals surface area contributed by atoms with Crippen molar-refractivity contribution in [2.24, 2.45) is 5.92 Å². The zero-order chi connectivity index (χ0) is 19.4. The topological polar surface area (TPSA) is 79.6 Å². The third-order valence-electron chi connectivity index (χ3n) is 4.73. The van der Waals surface area contributed by atoms with E-state index in [4.69, 9.17) is 4.42 Å². The average Bonchev–Trinajstić information content (AvgIpc) is 3.09. The number of carbonyl (C=O) groups is 3. The number of ketones is 1. The summed E-state index contributed by atoms with van der Waals surface area (Å²) in [5.41, 5.74) is 1.55. The second-order valence-corrected chi connectivity index (χ2v) is 7.18. The molecule has 1 N–H and O–H groups in total. The largest absolute Gasteiger partial charge is 0.452 e. The lowest BCUT2D eigenvalue weighted by Gasteiger charge is -2.31. The van der Waals surface area contributed by atoms with E-state index in [2.05, 4.69) is 5.32 Å². The molecule has 3 rings (SSSR count). The normalized spacial score (nSPS) is 14.8. The fourth-order valence-corrected chi connectivity index (χ4v) is 3.24. The van der Waals surface area contributed by atoms with E-state index in [9.17, 15) is 14.4 Å². The molecule has 0 saturated carbocycles. The molecule has 0 radical (unpaired) electrons. The summed E-state index contributed by atoms with van der Waals surface area (Å²) in [5.74, 6) is -0.835. The molecule has 0 unspecified atom stereocenters. The monoisotopic (exact) mass is 368 g/mol. The molecule has 1 aromatic carbocycles. The Hall–Kier alpha value is -2.89. The van der Waals surface area contributed by atoms with Gasteiger partial charge in [-0.3, -0.25) is 14.4 Å². The molecule has 1 fully saturated rings. The molecule has 2 amide bonds. The van der Waals surface area contributed by atoms with Gasteiger partial charge in [0.05, 0.1) is 0 Å². The zero-order valence-corrected chi connectivity index (χ0v) is 15.7. The maximum atomic E-state index is 12.5. The highest BCUT2D eigenvalue weighted by Gasteiger charge is 2.29. The third kappa shape index (κ3) is 4.64. The molecule has 0 aliphatic carbocycles. The number of likely N-dealkylation sites (tertiary alicyclic amines) is 1. The van der Waals surface area contributed by atoms with E-state index in [1.807, 2.05) is 32.0 Å². The zero-order valence-electron chi connectivity index (χ0n) is 15.7. The summed E-state index contributed by atoms with van der Waals surface area (Å²) in [6, 6.07) is 8.90. The summed E-state index contributed by atoms with van der Waals surface area (Å²) in [6.07, 6.45) is 3.09. The molecule has 6 heteroatoms. The number of furan rings is 1. The highest BCUT2D eigenvalue weighted by atomic mass is 16.3. The van der Waals surface area contributed by atoms with Gasteiger partial charge in [-0.2, -0.15) is 0 Å². The Balaban J connectivity index is 1.53. The Morgan fingerprint density at radius 2 is 1.89 bits per heavy atom. The summed E-state index contributed by atoms with van der Waals surface area (Å²) >= 11 is 0. The predicted molar refractivity (Wildman–Crippen MR) is 102 cm³/mol. The number of hydrogen-bond acceptors (Lipinski definition) is 4. The van der Waals surface area contributed by atoms with Gasteiger partial charge < -0.3 is 14.6 Å². The van der Waals surface area contributed by atoms with Crippen molar-refractivity contribution in [3.8, 4) is 0 Å². The van der Waals surface area contributed by atoms with E-state index < -0.39 is 11.7 Å². The maximum Gasteiger partial charge on any atom is 0.298 e. The lowest BCUT2D eigenvalue weighted by molar-refractivity contribution is -0.128. The molecule has 1 saturated heterocycles. The Morgan fingerprint density at radius 3 is 2.56 bits per heavy atom. The molecule has 0 spiro atoms. The van der Waals surface area contributed by atoms with Gasteiger partial charge in [-0.05, 0) is 44.7 Å². The molecular weight excluding hydrogens is 344 g/mol. The fourth-order valence-electron chi connectivity index (χ4n) is 3.24. The van der Waals surface area contributed by atoms with Crippen LogP contribution in [0.15, 0.2) is 46.4 Å². The van der Waals surface area contributed by atoms with Crippen LogP contribution < -0.4 is 5.32 Å². The van der Waals surface area contributed by atoms with E-state index in [1.54, 1.807) is 23.1 Å². The van der Waals surface area contributed by atoms with Crippen molar-refractivity contribution in [3.05, 3.63) is 47.7 Å². The second kappa shape index (κ2) is 8.20. The Bertz CT molecular complexity index is 851. The number of benzene rings is 1. The second-order valence-electron chi connectivity index (χ2n) is 7.18. The van der Waals surface area contributed by atoms with Crippen molar-refractivity contribution >= 4 is 28.6 Å². The van der Waals surface area contributed by atoms with Gasteiger partial charge in [-0.1, -0.05) is 23.8 Å². The van der Waals surface area contributed by atoms with Crippen molar-refractivity contribution in [2.45, 2.75) is 26.7 Å². The standard InChI is InChI=1S/C21H24N2O4/c1-14(2)11-19(24)22-13-15-7-9-23(10-8-15)21(26)20(25)18-12-16-5-3-4-6-17(16)27-18/h3-6,11-12,15H,7-10,13H2,1-2H3,(H,22,24). The number of carbonyl (C=O) groups excluding carboxylic acids is 3. The van der Waals surface area contributed by atoms with Gasteiger partial charge in [-0.15, -0.1) is 0 Å². The number of para-hydroxylation sites is 1. The average molecular weight is 368 g/mol. The molecule has 1 aliphatic rings. The molecule has 0 bridgehead atoms. The van der Waals surface area contributed by atoms with Crippen LogP contribution in [-0.2, 0) is 9.59 Å². The van der Waals surface area contributed by atoms with E-state index in [-0.39, 0.29) is 11.7 Å². The number of allylic oxidation sites excluding steroid dienone is 1. The van der Waals surface area contributed by atoms with Gasteiger partial charge in [0.2, 0.25) is 5.91 Å². The van der Waals surface area contributed by atoms with Crippen LogP contribution in [0.3, 0.4) is 0 Å². The van der Waals surface area contributed by atoms with Gasteiger partial charge in [0.1, 0.15) is 5.58 Å². The van der Waals surface area contributed by atoms with Crippen LogP contribution in [0.2, 0.25) is 0 Å². The first kappa shape index (κ1) is 18.9. The summed E-state index contributed by atoms with van der Waals surface area (Å²) in [7, 11) is 0. The first-order valence-corrected chi connectivity index (χ1v) is 9.19. The minimum atomic E-state index is -0.610. The Kier molecular flexibility index (Phi) is 5.74. The summed E-state index contributed by atoms with van der Waals surface area (Å²) in [6.45, 7) is 5.36. The Morgan fingerprint density at radius 1 is 1.19 bits per heavy atom. The van der Waals surface area contributed by atoms with Crippen LogP contribution in [0.5, 0.6) is 0 Å². The molecule has 27 heavy (non-hydrogen) atoms. The quantitative estimate of drug-likeness (QED) is 0.500. The summed E-state index contributed by atoms with van der Waals surface area (Å²) in [5, 5.41) is 3.70. The first-order valence-electron chi connectivity index (χ1n) is 9.19. The van der Waals surface area contributed by atoms with E-state index >= 15 is 0 Å². The van der Waals surface area contributed by atoms with Crippen molar-refractivity contribution < 1.29 is 18.8 Å². The number of nitrogens with zero attached hydrogens (tertiary/aromatic N) is 1. The minimum Gasteiger partial charge on any atom is -0.452 e. The van der Waals surface area contributed by atoms with Gasteiger partial charge in [-0.25, -0.2) is 0 Å². The van der Waals surface area contributed by atoms with Crippen molar-refractivity contribution in [3.63, 3.8) is 0 Å². The van der Waals surface area contributed by atoms with Crippen LogP contribution in [0.1, 0.15) is 37.2 Å². The number of rotatable bonds is 5. The van der Waals surface area contributed by atoms with Crippen molar-refractivity contribution in [1.29, 1.82) is 0 Å². The van der Waals surface area contributed by atoms with Crippen molar-refractivity contribution in [1.82, 2.24) is 10.2 Å². The maximum absolute atomic E-state index is 12.5. The SMILES string of the molecule is CC(C)=CC(=O)NCC1CCN(C(=O)C(=O)c2cc3ccccc3o2)CC1. The molecule has 0 atom stereocenters. The number of Topliss-reactive ketones (excluding diaryl/α,β-unsaturated/α-hetero) is 1. The fraction of sp³-hybridized carbons (Fsp3) is 0.381. The highest BCUT2D eigenvalue weighted by molar-refractivity contribution is 6.42.